The summed E-state index contributed by atoms with van der Waals surface area (Å²) in [5.41, 5.74) is 2.12. The standard InChI is InChI=1S/C20H25F2N3OS/c1-3-4-8-24(2)18(26)12-17-19-13(7-9-25(19)20(27)23-17)10-14-11-15(21)5-6-16(14)22/h5-6,11,13H,3-4,7-10,12H2,1-2H3,(H,23,27)/t13-/m1/s1. The predicted molar refractivity (Wildman–Crippen MR) is 103 cm³/mol. The van der Waals surface area contributed by atoms with E-state index < -0.39 is 11.6 Å². The zero-order valence-electron chi connectivity index (χ0n) is 15.7. The van der Waals surface area contributed by atoms with Crippen LogP contribution in [0.3, 0.4) is 0 Å². The largest absolute Gasteiger partial charge is 0.345 e. The third-order valence-corrected chi connectivity index (χ3v) is 5.59. The molecule has 0 unspecified atom stereocenters. The Morgan fingerprint density at radius 2 is 2.19 bits per heavy atom. The number of imidazole rings is 1. The number of fused-ring (bicyclic) bond motifs is 1. The molecule has 1 aromatic heterocycles. The zero-order chi connectivity index (χ0) is 19.6. The average molecular weight is 394 g/mol. The first kappa shape index (κ1) is 19.7. The molecule has 0 fully saturated rings. The Labute approximate surface area is 163 Å². The molecule has 2 heterocycles. The van der Waals surface area contributed by atoms with Crippen molar-refractivity contribution in [2.45, 2.75) is 51.5 Å². The van der Waals surface area contributed by atoms with Gasteiger partial charge in [0.1, 0.15) is 11.6 Å². The Balaban J connectivity index is 1.82. The van der Waals surface area contributed by atoms with E-state index in [0.717, 1.165) is 55.9 Å². The number of aromatic amines is 1. The molecule has 4 nitrogen and oxygen atoms in total. The van der Waals surface area contributed by atoms with Crippen molar-refractivity contribution in [3.8, 4) is 0 Å². The second-order valence-corrected chi connectivity index (χ2v) is 7.60. The number of benzene rings is 1. The second kappa shape index (κ2) is 8.33. The highest BCUT2D eigenvalue weighted by atomic mass is 32.1. The van der Waals surface area contributed by atoms with Gasteiger partial charge in [0.25, 0.3) is 0 Å². The molecule has 0 saturated carbocycles. The predicted octanol–water partition coefficient (Wildman–Crippen LogP) is 4.35. The van der Waals surface area contributed by atoms with E-state index in [9.17, 15) is 13.6 Å². The van der Waals surface area contributed by atoms with Crippen LogP contribution in [-0.4, -0.2) is 34.0 Å². The third-order valence-electron chi connectivity index (χ3n) is 5.27. The fourth-order valence-electron chi connectivity index (χ4n) is 3.75. The summed E-state index contributed by atoms with van der Waals surface area (Å²) in [5.74, 6) is -0.798. The number of unbranched alkanes of at least 4 members (excludes halogenated alkanes) is 1. The van der Waals surface area contributed by atoms with Gasteiger partial charge < -0.3 is 14.5 Å². The highest BCUT2D eigenvalue weighted by molar-refractivity contribution is 7.71. The van der Waals surface area contributed by atoms with Gasteiger partial charge in [-0.1, -0.05) is 13.3 Å². The molecule has 3 rings (SSSR count). The Bertz CT molecular complexity index is 890. The third kappa shape index (κ3) is 4.29. The number of hydrogen-bond acceptors (Lipinski definition) is 2. The van der Waals surface area contributed by atoms with Gasteiger partial charge in [0.2, 0.25) is 5.91 Å². The summed E-state index contributed by atoms with van der Waals surface area (Å²) in [6.45, 7) is 3.54. The van der Waals surface area contributed by atoms with E-state index in [4.69, 9.17) is 12.2 Å². The van der Waals surface area contributed by atoms with Crippen molar-refractivity contribution in [2.24, 2.45) is 0 Å². The topological polar surface area (TPSA) is 41.0 Å². The molecular formula is C20H25F2N3OS. The van der Waals surface area contributed by atoms with Crippen LogP contribution >= 0.6 is 12.2 Å². The summed E-state index contributed by atoms with van der Waals surface area (Å²) in [5, 5.41) is 0. The monoisotopic (exact) mass is 393 g/mol. The van der Waals surface area contributed by atoms with Crippen molar-refractivity contribution in [3.05, 3.63) is 51.6 Å². The SMILES string of the molecule is CCCCN(C)C(=O)Cc1[nH]c(=S)n2c1[C@@H](Cc1cc(F)ccc1F)CC2. The minimum Gasteiger partial charge on any atom is -0.345 e. The molecule has 1 aromatic carbocycles. The number of nitrogens with one attached hydrogen (secondary N) is 1. The van der Waals surface area contributed by atoms with Gasteiger partial charge in [-0.15, -0.1) is 0 Å². The van der Waals surface area contributed by atoms with E-state index in [1.165, 1.54) is 6.07 Å². The maximum absolute atomic E-state index is 14.1. The maximum Gasteiger partial charge on any atom is 0.228 e. The molecule has 1 amide bonds. The minimum atomic E-state index is -0.441. The lowest BCUT2D eigenvalue weighted by molar-refractivity contribution is -0.129. The Kier molecular flexibility index (Phi) is 6.09. The number of carbonyl (C=O) groups excluding carboxylic acids is 1. The van der Waals surface area contributed by atoms with Gasteiger partial charge in [-0.2, -0.15) is 0 Å². The van der Waals surface area contributed by atoms with E-state index in [1.54, 1.807) is 4.90 Å². The molecular weight excluding hydrogens is 368 g/mol. The number of amides is 1. The van der Waals surface area contributed by atoms with Crippen LogP contribution in [0.2, 0.25) is 0 Å². The van der Waals surface area contributed by atoms with Gasteiger partial charge in [-0.25, -0.2) is 8.78 Å². The quantitative estimate of drug-likeness (QED) is 0.711. The molecule has 0 radical (unpaired) electrons. The fourth-order valence-corrected chi connectivity index (χ4v) is 4.06. The van der Waals surface area contributed by atoms with E-state index in [2.05, 4.69) is 11.9 Å². The van der Waals surface area contributed by atoms with Crippen LogP contribution in [0, 0.1) is 16.4 Å². The molecule has 0 aliphatic carbocycles. The summed E-state index contributed by atoms with van der Waals surface area (Å²) in [6.07, 6.45) is 3.43. The Morgan fingerprint density at radius 1 is 1.41 bits per heavy atom. The second-order valence-electron chi connectivity index (χ2n) is 7.22. The summed E-state index contributed by atoms with van der Waals surface area (Å²) in [4.78, 5) is 17.4. The van der Waals surface area contributed by atoms with Crippen molar-refractivity contribution in [1.29, 1.82) is 0 Å². The maximum atomic E-state index is 14.1. The molecule has 1 aliphatic rings. The average Bonchev–Trinajstić information content (AvgIpc) is 3.18. The van der Waals surface area contributed by atoms with Gasteiger partial charge in [0.05, 0.1) is 6.42 Å². The van der Waals surface area contributed by atoms with E-state index in [-0.39, 0.29) is 18.2 Å². The normalized spacial score (nSPS) is 15.8. The number of H-pyrrole nitrogens is 1. The minimum absolute atomic E-state index is 0.0120. The number of nitrogens with zero attached hydrogens (tertiary/aromatic N) is 2. The van der Waals surface area contributed by atoms with Crippen LogP contribution < -0.4 is 0 Å². The van der Waals surface area contributed by atoms with E-state index in [1.807, 2.05) is 11.6 Å². The van der Waals surface area contributed by atoms with Crippen LogP contribution in [0.1, 0.15) is 49.1 Å². The summed E-state index contributed by atoms with van der Waals surface area (Å²) < 4.78 is 30.2. The molecule has 146 valence electrons. The molecule has 27 heavy (non-hydrogen) atoms. The molecule has 1 N–H and O–H groups in total. The number of hydrogen-bond donors (Lipinski definition) is 1. The molecule has 0 bridgehead atoms. The Hall–Kier alpha value is -2.02. The van der Waals surface area contributed by atoms with Gasteiger partial charge in [0.15, 0.2) is 4.77 Å². The molecule has 1 aliphatic heterocycles. The van der Waals surface area contributed by atoms with Crippen molar-refractivity contribution in [1.82, 2.24) is 14.5 Å². The number of aromatic nitrogens is 2. The first-order chi connectivity index (χ1) is 12.9. The van der Waals surface area contributed by atoms with E-state index in [0.29, 0.717) is 16.8 Å². The van der Waals surface area contributed by atoms with Gasteiger partial charge >= 0.3 is 0 Å². The Morgan fingerprint density at radius 3 is 2.93 bits per heavy atom. The summed E-state index contributed by atoms with van der Waals surface area (Å²) in [6, 6.07) is 3.54. The first-order valence-corrected chi connectivity index (χ1v) is 9.81. The molecule has 7 heteroatoms. The van der Waals surface area contributed by atoms with E-state index >= 15 is 0 Å². The molecule has 1 atom stereocenters. The smallest absolute Gasteiger partial charge is 0.228 e. The number of likely N-dealkylation sites (N-methyl/N-ethyl adjacent to an activating group) is 1. The number of halogens is 2. The lowest BCUT2D eigenvalue weighted by Gasteiger charge is -2.17. The first-order valence-electron chi connectivity index (χ1n) is 9.40. The van der Waals surface area contributed by atoms with Gasteiger partial charge in [-0.05, 0) is 55.2 Å². The van der Waals surface area contributed by atoms with Gasteiger partial charge in [0, 0.05) is 37.4 Å². The summed E-state index contributed by atoms with van der Waals surface area (Å²) in [7, 11) is 1.81. The number of carbonyl (C=O) groups is 1. The van der Waals surface area contributed by atoms with Crippen LogP contribution in [-0.2, 0) is 24.2 Å². The lowest BCUT2D eigenvalue weighted by atomic mass is 9.93. The zero-order valence-corrected chi connectivity index (χ0v) is 16.5. The molecule has 0 spiro atoms. The lowest BCUT2D eigenvalue weighted by Crippen LogP contribution is -2.29. The van der Waals surface area contributed by atoms with Crippen LogP contribution in [0.25, 0.3) is 0 Å². The van der Waals surface area contributed by atoms with Crippen molar-refractivity contribution < 1.29 is 13.6 Å². The molecule has 0 saturated heterocycles. The highest BCUT2D eigenvalue weighted by Crippen LogP contribution is 2.35. The van der Waals surface area contributed by atoms with Crippen LogP contribution in [0.4, 0.5) is 8.78 Å². The molecule has 2 aromatic rings. The van der Waals surface area contributed by atoms with Gasteiger partial charge in [-0.3, -0.25) is 4.79 Å². The summed E-state index contributed by atoms with van der Waals surface area (Å²) >= 11 is 5.40. The fraction of sp³-hybridized carbons (Fsp3) is 0.500. The van der Waals surface area contributed by atoms with Crippen LogP contribution in [0.15, 0.2) is 18.2 Å². The number of rotatable bonds is 7. The van der Waals surface area contributed by atoms with Crippen molar-refractivity contribution in [2.75, 3.05) is 13.6 Å². The van der Waals surface area contributed by atoms with Crippen LogP contribution in [0.5, 0.6) is 0 Å². The van der Waals surface area contributed by atoms with Crippen molar-refractivity contribution >= 4 is 18.1 Å². The highest BCUT2D eigenvalue weighted by Gasteiger charge is 2.29. The van der Waals surface area contributed by atoms with Crippen molar-refractivity contribution in [3.63, 3.8) is 0 Å².